The summed E-state index contributed by atoms with van der Waals surface area (Å²) >= 11 is 1.24. The van der Waals surface area contributed by atoms with Gasteiger partial charge in [0.2, 0.25) is 11.1 Å². The SMILES string of the molecule is CCOC(=O)N1CCN(C(=O)C(C)Sc2nnc3c4cc(C)ccc4n(Cc4ccccc4F)c3n2)CC1. The van der Waals surface area contributed by atoms with Crippen molar-refractivity contribution in [1.29, 1.82) is 0 Å². The second-order valence-electron chi connectivity index (χ2n) is 9.24. The molecule has 0 spiro atoms. The number of rotatable bonds is 6. The van der Waals surface area contributed by atoms with E-state index in [0.29, 0.717) is 54.7 Å². The topological polar surface area (TPSA) is 93.5 Å². The number of hydrogen-bond acceptors (Lipinski definition) is 7. The van der Waals surface area contributed by atoms with E-state index in [0.717, 1.165) is 16.5 Å². The van der Waals surface area contributed by atoms with Crippen LogP contribution >= 0.6 is 11.8 Å². The molecule has 9 nitrogen and oxygen atoms in total. The highest BCUT2D eigenvalue weighted by atomic mass is 32.2. The predicted octanol–water partition coefficient (Wildman–Crippen LogP) is 4.26. The third-order valence-electron chi connectivity index (χ3n) is 6.64. The summed E-state index contributed by atoms with van der Waals surface area (Å²) in [5.41, 5.74) is 3.74. The minimum Gasteiger partial charge on any atom is -0.450 e. The summed E-state index contributed by atoms with van der Waals surface area (Å²) < 4.78 is 21.5. The molecular weight excluding hydrogens is 507 g/mol. The first-order chi connectivity index (χ1) is 18.4. The van der Waals surface area contributed by atoms with Crippen LogP contribution in [0.15, 0.2) is 47.6 Å². The van der Waals surface area contributed by atoms with Crippen LogP contribution in [0.1, 0.15) is 25.0 Å². The van der Waals surface area contributed by atoms with Crippen LogP contribution < -0.4 is 0 Å². The zero-order valence-corrected chi connectivity index (χ0v) is 22.4. The van der Waals surface area contributed by atoms with Crippen LogP contribution in [0.3, 0.4) is 0 Å². The molecule has 1 unspecified atom stereocenters. The van der Waals surface area contributed by atoms with E-state index in [4.69, 9.17) is 9.72 Å². The third kappa shape index (κ3) is 5.15. The van der Waals surface area contributed by atoms with Crippen molar-refractivity contribution >= 4 is 45.8 Å². The first-order valence-corrected chi connectivity index (χ1v) is 13.5. The minimum atomic E-state index is -0.449. The highest BCUT2D eigenvalue weighted by Gasteiger charge is 2.29. The van der Waals surface area contributed by atoms with Gasteiger partial charge in [0.1, 0.15) is 11.3 Å². The number of aromatic nitrogens is 4. The Morgan fingerprint density at radius 2 is 1.82 bits per heavy atom. The van der Waals surface area contributed by atoms with Gasteiger partial charge >= 0.3 is 6.09 Å². The molecule has 1 fully saturated rings. The van der Waals surface area contributed by atoms with Crippen LogP contribution in [0.4, 0.5) is 9.18 Å². The van der Waals surface area contributed by atoms with Gasteiger partial charge in [-0.2, -0.15) is 0 Å². The molecule has 0 aliphatic carbocycles. The van der Waals surface area contributed by atoms with Gasteiger partial charge in [-0.25, -0.2) is 14.2 Å². The lowest BCUT2D eigenvalue weighted by atomic mass is 10.1. The normalized spacial score (nSPS) is 14.7. The Morgan fingerprint density at radius 1 is 1.08 bits per heavy atom. The summed E-state index contributed by atoms with van der Waals surface area (Å²) in [6.07, 6.45) is -0.351. The van der Waals surface area contributed by atoms with Crippen molar-refractivity contribution in [3.63, 3.8) is 0 Å². The number of carbonyl (C=O) groups excluding carboxylic acids is 2. The second-order valence-corrected chi connectivity index (χ2v) is 10.5. The number of hydrogen-bond donors (Lipinski definition) is 0. The number of piperazine rings is 1. The number of amides is 2. The van der Waals surface area contributed by atoms with Crippen molar-refractivity contribution in [2.45, 2.75) is 37.7 Å². The van der Waals surface area contributed by atoms with Crippen LogP contribution in [0.2, 0.25) is 0 Å². The van der Waals surface area contributed by atoms with Gasteiger partial charge in [-0.3, -0.25) is 4.79 Å². The summed E-state index contributed by atoms with van der Waals surface area (Å²) in [6, 6.07) is 12.7. The molecule has 0 N–H and O–H groups in total. The average molecular weight is 537 g/mol. The molecule has 198 valence electrons. The first kappa shape index (κ1) is 25.9. The number of nitrogens with zero attached hydrogens (tertiary/aromatic N) is 6. The molecule has 2 aromatic carbocycles. The Kier molecular flexibility index (Phi) is 7.46. The Hall–Kier alpha value is -3.73. The molecule has 1 aliphatic rings. The minimum absolute atomic E-state index is 0.0512. The molecule has 2 aromatic heterocycles. The average Bonchev–Trinajstić information content (AvgIpc) is 3.21. The van der Waals surface area contributed by atoms with Gasteiger partial charge in [0.05, 0.1) is 23.9 Å². The van der Waals surface area contributed by atoms with E-state index < -0.39 is 5.25 Å². The Labute approximate surface area is 224 Å². The Bertz CT molecular complexity index is 1500. The molecule has 5 rings (SSSR count). The van der Waals surface area contributed by atoms with Gasteiger partial charge in [-0.15, -0.1) is 10.2 Å². The summed E-state index contributed by atoms with van der Waals surface area (Å²) in [4.78, 5) is 33.2. The van der Waals surface area contributed by atoms with Crippen LogP contribution in [0.25, 0.3) is 22.1 Å². The van der Waals surface area contributed by atoms with Crippen LogP contribution in [-0.4, -0.2) is 79.6 Å². The lowest BCUT2D eigenvalue weighted by Gasteiger charge is -2.35. The molecule has 3 heterocycles. The number of thioether (sulfide) groups is 1. The van der Waals surface area contributed by atoms with E-state index in [2.05, 4.69) is 10.2 Å². The standard InChI is InChI=1S/C27H29FN6O3S/c1-4-37-27(36)33-13-11-32(12-14-33)25(35)18(3)38-26-29-24-23(30-31-26)20-15-17(2)9-10-22(20)34(24)16-19-7-5-6-8-21(19)28/h5-10,15,18H,4,11-14,16H2,1-3H3. The number of aryl methyl sites for hydroxylation is 1. The summed E-state index contributed by atoms with van der Waals surface area (Å²) in [5, 5.41) is 9.62. The monoisotopic (exact) mass is 536 g/mol. The number of halogens is 1. The molecular formula is C27H29FN6O3S. The molecule has 11 heteroatoms. The van der Waals surface area contributed by atoms with Crippen molar-refractivity contribution < 1.29 is 18.7 Å². The van der Waals surface area contributed by atoms with Crippen LogP contribution in [0.5, 0.6) is 0 Å². The maximum absolute atomic E-state index is 14.5. The Balaban J connectivity index is 1.38. The molecule has 0 bridgehead atoms. The lowest BCUT2D eigenvalue weighted by Crippen LogP contribution is -2.52. The highest BCUT2D eigenvalue weighted by Crippen LogP contribution is 2.30. The smallest absolute Gasteiger partial charge is 0.409 e. The molecule has 1 saturated heterocycles. The van der Waals surface area contributed by atoms with Crippen molar-refractivity contribution in [3.8, 4) is 0 Å². The maximum atomic E-state index is 14.5. The fourth-order valence-corrected chi connectivity index (χ4v) is 5.44. The molecule has 2 amide bonds. The first-order valence-electron chi connectivity index (χ1n) is 12.6. The third-order valence-corrected chi connectivity index (χ3v) is 7.58. The van der Waals surface area contributed by atoms with Crippen molar-refractivity contribution in [2.24, 2.45) is 0 Å². The van der Waals surface area contributed by atoms with Crippen molar-refractivity contribution in [3.05, 3.63) is 59.4 Å². The van der Waals surface area contributed by atoms with E-state index in [-0.39, 0.29) is 24.4 Å². The summed E-state index contributed by atoms with van der Waals surface area (Å²) in [6.45, 7) is 7.95. The molecule has 38 heavy (non-hydrogen) atoms. The van der Waals surface area contributed by atoms with Gasteiger partial charge < -0.3 is 19.1 Å². The summed E-state index contributed by atoms with van der Waals surface area (Å²) in [7, 11) is 0. The molecule has 0 saturated carbocycles. The lowest BCUT2D eigenvalue weighted by molar-refractivity contribution is -0.131. The zero-order valence-electron chi connectivity index (χ0n) is 21.6. The van der Waals surface area contributed by atoms with Gasteiger partial charge in [0.15, 0.2) is 5.65 Å². The zero-order chi connectivity index (χ0) is 26.8. The van der Waals surface area contributed by atoms with E-state index in [1.165, 1.54) is 17.8 Å². The quantitative estimate of drug-likeness (QED) is 0.340. The van der Waals surface area contributed by atoms with E-state index in [1.54, 1.807) is 28.9 Å². The largest absolute Gasteiger partial charge is 0.450 e. The number of fused-ring (bicyclic) bond motifs is 3. The predicted molar refractivity (Wildman–Crippen MR) is 144 cm³/mol. The maximum Gasteiger partial charge on any atom is 0.409 e. The second kappa shape index (κ2) is 10.9. The van der Waals surface area contributed by atoms with Gasteiger partial charge in [-0.05, 0) is 39.0 Å². The fraction of sp³-hybridized carbons (Fsp3) is 0.370. The highest BCUT2D eigenvalue weighted by molar-refractivity contribution is 8.00. The number of carbonyl (C=O) groups is 2. The van der Waals surface area contributed by atoms with Crippen LogP contribution in [0, 0.1) is 12.7 Å². The van der Waals surface area contributed by atoms with E-state index in [1.807, 2.05) is 42.7 Å². The Morgan fingerprint density at radius 3 is 2.55 bits per heavy atom. The van der Waals surface area contributed by atoms with Gasteiger partial charge in [-0.1, -0.05) is 41.6 Å². The van der Waals surface area contributed by atoms with Gasteiger partial charge in [0.25, 0.3) is 0 Å². The molecule has 1 atom stereocenters. The van der Waals surface area contributed by atoms with E-state index >= 15 is 0 Å². The van der Waals surface area contributed by atoms with Crippen molar-refractivity contribution in [2.75, 3.05) is 32.8 Å². The van der Waals surface area contributed by atoms with Crippen LogP contribution in [-0.2, 0) is 16.1 Å². The van der Waals surface area contributed by atoms with Crippen molar-refractivity contribution in [1.82, 2.24) is 29.5 Å². The number of ether oxygens (including phenoxy) is 1. The summed E-state index contributed by atoms with van der Waals surface area (Å²) in [5.74, 6) is -0.335. The molecule has 4 aromatic rings. The van der Waals surface area contributed by atoms with Gasteiger partial charge in [0, 0.05) is 37.1 Å². The fourth-order valence-electron chi connectivity index (χ4n) is 4.65. The number of benzene rings is 2. The van der Waals surface area contributed by atoms with E-state index in [9.17, 15) is 14.0 Å². The molecule has 1 aliphatic heterocycles. The molecule has 0 radical (unpaired) electrons.